The molecule has 0 radical (unpaired) electrons. The van der Waals surface area contributed by atoms with Gasteiger partial charge in [-0.2, -0.15) is 4.98 Å². The van der Waals surface area contributed by atoms with E-state index in [0.717, 1.165) is 5.75 Å². The number of rotatable bonds is 3. The molecular weight excluding hydrogens is 190 g/mol. The molecular formula is C11H11N3O. The van der Waals surface area contributed by atoms with Crippen LogP contribution in [0.5, 0.6) is 11.6 Å². The molecule has 4 nitrogen and oxygen atoms in total. The number of anilines is 1. The fourth-order valence-electron chi connectivity index (χ4n) is 1.13. The molecule has 1 aromatic heterocycles. The molecule has 0 unspecified atom stereocenters. The van der Waals surface area contributed by atoms with Gasteiger partial charge in [0.05, 0.1) is 0 Å². The summed E-state index contributed by atoms with van der Waals surface area (Å²) in [5, 5.41) is 2.85. The molecule has 15 heavy (non-hydrogen) atoms. The number of benzene rings is 1. The second-order valence-electron chi connectivity index (χ2n) is 2.88. The van der Waals surface area contributed by atoms with E-state index >= 15 is 0 Å². The predicted octanol–water partition coefficient (Wildman–Crippen LogP) is 2.31. The molecule has 1 heterocycles. The Morgan fingerprint density at radius 2 is 1.93 bits per heavy atom. The van der Waals surface area contributed by atoms with Gasteiger partial charge < -0.3 is 10.1 Å². The van der Waals surface area contributed by atoms with Crippen LogP contribution in [0.15, 0.2) is 42.6 Å². The maximum Gasteiger partial charge on any atom is 0.225 e. The summed E-state index contributed by atoms with van der Waals surface area (Å²) in [6, 6.07) is 11.2. The Balaban J connectivity index is 2.17. The number of hydrogen-bond donors (Lipinski definition) is 1. The van der Waals surface area contributed by atoms with E-state index in [0.29, 0.717) is 11.8 Å². The maximum absolute atomic E-state index is 5.53. The van der Waals surface area contributed by atoms with Gasteiger partial charge in [-0.15, -0.1) is 0 Å². The van der Waals surface area contributed by atoms with E-state index in [-0.39, 0.29) is 0 Å². The van der Waals surface area contributed by atoms with E-state index in [9.17, 15) is 0 Å². The van der Waals surface area contributed by atoms with Gasteiger partial charge in [-0.25, -0.2) is 4.98 Å². The summed E-state index contributed by atoms with van der Waals surface area (Å²) in [5.41, 5.74) is 0. The molecule has 0 amide bonds. The van der Waals surface area contributed by atoms with Crippen molar-refractivity contribution < 1.29 is 4.74 Å². The molecule has 0 aliphatic heterocycles. The molecule has 2 rings (SSSR count). The fraction of sp³-hybridized carbons (Fsp3) is 0.0909. The number of aromatic nitrogens is 2. The standard InChI is InChI=1S/C11H11N3O/c1-12-11-13-8-7-10(14-11)15-9-5-3-2-4-6-9/h2-8H,1H3,(H,12,13,14). The minimum absolute atomic E-state index is 0.528. The smallest absolute Gasteiger partial charge is 0.225 e. The van der Waals surface area contributed by atoms with Crippen LogP contribution in [-0.4, -0.2) is 17.0 Å². The number of nitrogens with one attached hydrogen (secondary N) is 1. The number of nitrogens with zero attached hydrogens (tertiary/aromatic N) is 2. The van der Waals surface area contributed by atoms with Gasteiger partial charge in [-0.05, 0) is 12.1 Å². The van der Waals surface area contributed by atoms with Crippen LogP contribution in [0.2, 0.25) is 0 Å². The first kappa shape index (κ1) is 9.45. The van der Waals surface area contributed by atoms with Crippen LogP contribution in [0.3, 0.4) is 0 Å². The average molecular weight is 201 g/mol. The van der Waals surface area contributed by atoms with Gasteiger partial charge in [0.25, 0.3) is 0 Å². The van der Waals surface area contributed by atoms with Gasteiger partial charge in [0.2, 0.25) is 11.8 Å². The van der Waals surface area contributed by atoms with E-state index in [1.54, 1.807) is 19.3 Å². The number of ether oxygens (including phenoxy) is 1. The Kier molecular flexibility index (Phi) is 2.78. The van der Waals surface area contributed by atoms with Crippen molar-refractivity contribution >= 4 is 5.95 Å². The summed E-state index contributed by atoms with van der Waals surface area (Å²) < 4.78 is 5.53. The fourth-order valence-corrected chi connectivity index (χ4v) is 1.13. The van der Waals surface area contributed by atoms with Gasteiger partial charge in [0.1, 0.15) is 5.75 Å². The van der Waals surface area contributed by atoms with Crippen molar-refractivity contribution in [1.82, 2.24) is 9.97 Å². The summed E-state index contributed by atoms with van der Waals surface area (Å²) in [6.45, 7) is 0. The number of para-hydroxylation sites is 1. The van der Waals surface area contributed by atoms with Crippen molar-refractivity contribution in [2.75, 3.05) is 12.4 Å². The van der Waals surface area contributed by atoms with E-state index < -0.39 is 0 Å². The van der Waals surface area contributed by atoms with Crippen LogP contribution in [0.25, 0.3) is 0 Å². The largest absolute Gasteiger partial charge is 0.439 e. The minimum atomic E-state index is 0.528. The third kappa shape index (κ3) is 2.43. The van der Waals surface area contributed by atoms with Crippen LogP contribution in [0.1, 0.15) is 0 Å². The monoisotopic (exact) mass is 201 g/mol. The summed E-state index contributed by atoms with van der Waals surface area (Å²) >= 11 is 0. The lowest BCUT2D eigenvalue weighted by atomic mass is 10.3. The Morgan fingerprint density at radius 3 is 2.67 bits per heavy atom. The topological polar surface area (TPSA) is 47.0 Å². The third-order valence-corrected chi connectivity index (χ3v) is 1.82. The minimum Gasteiger partial charge on any atom is -0.439 e. The summed E-state index contributed by atoms with van der Waals surface area (Å²) in [4.78, 5) is 8.14. The average Bonchev–Trinajstić information content (AvgIpc) is 2.31. The molecule has 2 aromatic rings. The van der Waals surface area contributed by atoms with Crippen molar-refractivity contribution in [3.05, 3.63) is 42.6 Å². The zero-order chi connectivity index (χ0) is 10.5. The molecule has 0 fully saturated rings. The Hall–Kier alpha value is -2.10. The van der Waals surface area contributed by atoms with Crippen molar-refractivity contribution in [1.29, 1.82) is 0 Å². The van der Waals surface area contributed by atoms with Crippen LogP contribution in [0, 0.1) is 0 Å². The summed E-state index contributed by atoms with van der Waals surface area (Å²) in [6.07, 6.45) is 1.65. The first-order chi connectivity index (χ1) is 7.38. The van der Waals surface area contributed by atoms with Crippen LogP contribution in [0.4, 0.5) is 5.95 Å². The highest BCUT2D eigenvalue weighted by atomic mass is 16.5. The zero-order valence-corrected chi connectivity index (χ0v) is 8.34. The first-order valence-electron chi connectivity index (χ1n) is 4.62. The molecule has 0 bridgehead atoms. The summed E-state index contributed by atoms with van der Waals surface area (Å²) in [5.74, 6) is 1.84. The molecule has 0 aliphatic rings. The van der Waals surface area contributed by atoms with Gasteiger partial charge >= 0.3 is 0 Å². The van der Waals surface area contributed by atoms with E-state index in [4.69, 9.17) is 4.74 Å². The van der Waals surface area contributed by atoms with E-state index in [1.807, 2.05) is 30.3 Å². The molecule has 4 heteroatoms. The molecule has 0 saturated carbocycles. The van der Waals surface area contributed by atoms with Crippen LogP contribution >= 0.6 is 0 Å². The molecule has 0 aliphatic carbocycles. The first-order valence-corrected chi connectivity index (χ1v) is 4.62. The predicted molar refractivity (Wildman–Crippen MR) is 58.1 cm³/mol. The van der Waals surface area contributed by atoms with Crippen LogP contribution < -0.4 is 10.1 Å². The second kappa shape index (κ2) is 4.41. The zero-order valence-electron chi connectivity index (χ0n) is 8.34. The van der Waals surface area contributed by atoms with Crippen molar-refractivity contribution in [2.24, 2.45) is 0 Å². The Bertz CT molecular complexity index is 431. The Labute approximate surface area is 88.0 Å². The van der Waals surface area contributed by atoms with Crippen molar-refractivity contribution in [2.45, 2.75) is 0 Å². The van der Waals surface area contributed by atoms with Gasteiger partial charge in [-0.1, -0.05) is 18.2 Å². The molecule has 76 valence electrons. The van der Waals surface area contributed by atoms with E-state index in [2.05, 4.69) is 15.3 Å². The second-order valence-corrected chi connectivity index (χ2v) is 2.88. The molecule has 0 saturated heterocycles. The summed E-state index contributed by atoms with van der Waals surface area (Å²) in [7, 11) is 1.77. The lowest BCUT2D eigenvalue weighted by Crippen LogP contribution is -1.96. The quantitative estimate of drug-likeness (QED) is 0.827. The Morgan fingerprint density at radius 1 is 1.13 bits per heavy atom. The van der Waals surface area contributed by atoms with Crippen molar-refractivity contribution in [3.8, 4) is 11.6 Å². The highest BCUT2D eigenvalue weighted by Gasteiger charge is 1.99. The number of hydrogen-bond acceptors (Lipinski definition) is 4. The maximum atomic E-state index is 5.53. The van der Waals surface area contributed by atoms with Gasteiger partial charge in [0.15, 0.2) is 0 Å². The van der Waals surface area contributed by atoms with Crippen molar-refractivity contribution in [3.63, 3.8) is 0 Å². The highest BCUT2D eigenvalue weighted by molar-refractivity contribution is 5.30. The van der Waals surface area contributed by atoms with Gasteiger partial charge in [0, 0.05) is 19.3 Å². The molecule has 0 atom stereocenters. The van der Waals surface area contributed by atoms with Gasteiger partial charge in [-0.3, -0.25) is 0 Å². The normalized spacial score (nSPS) is 9.67. The van der Waals surface area contributed by atoms with Crippen LogP contribution in [-0.2, 0) is 0 Å². The SMILES string of the molecule is CNc1nccc(Oc2ccccc2)n1. The van der Waals surface area contributed by atoms with E-state index in [1.165, 1.54) is 0 Å². The molecule has 0 spiro atoms. The molecule has 1 N–H and O–H groups in total. The lowest BCUT2D eigenvalue weighted by molar-refractivity contribution is 0.462. The molecule has 1 aromatic carbocycles. The highest BCUT2D eigenvalue weighted by Crippen LogP contribution is 2.18. The lowest BCUT2D eigenvalue weighted by Gasteiger charge is -2.04. The third-order valence-electron chi connectivity index (χ3n) is 1.82.